The van der Waals surface area contributed by atoms with Crippen molar-refractivity contribution < 1.29 is 28.4 Å². The first-order chi connectivity index (χ1) is 32.3. The predicted molar refractivity (Wildman–Crippen MR) is 252 cm³/mol. The van der Waals surface area contributed by atoms with Crippen molar-refractivity contribution in [3.8, 4) is 0 Å². The second-order valence-electron chi connectivity index (χ2n) is 19.8. The number of aromatic nitrogens is 2. The first-order valence-corrected chi connectivity index (χ1v) is 24.7. The molecule has 0 radical (unpaired) electrons. The predicted octanol–water partition coefficient (Wildman–Crippen LogP) is 5.86. The number of amides is 5. The third-order valence-corrected chi connectivity index (χ3v) is 16.5. The lowest BCUT2D eigenvalue weighted by atomic mass is 9.55. The maximum Gasteiger partial charge on any atom is 0.329 e. The summed E-state index contributed by atoms with van der Waals surface area (Å²) in [5, 5.41) is 12.9. The van der Waals surface area contributed by atoms with Crippen molar-refractivity contribution in [2.45, 2.75) is 118 Å². The van der Waals surface area contributed by atoms with Crippen molar-refractivity contribution >= 4 is 69.5 Å². The highest BCUT2D eigenvalue weighted by Gasteiger charge is 2.72. The minimum Gasteiger partial charge on any atom is -0.352 e. The maximum atomic E-state index is 16.3. The van der Waals surface area contributed by atoms with E-state index in [2.05, 4.69) is 26.2 Å². The minimum atomic E-state index is -1.28. The molecule has 2 spiro atoms. The average molecular weight is 956 g/mol. The molecule has 10 rings (SSSR count). The summed E-state index contributed by atoms with van der Waals surface area (Å²) in [5.41, 5.74) is 1.56. The van der Waals surface area contributed by atoms with Crippen molar-refractivity contribution in [3.63, 3.8) is 0 Å². The van der Waals surface area contributed by atoms with Gasteiger partial charge in [0.05, 0.1) is 28.6 Å². The first-order valence-electron chi connectivity index (χ1n) is 23.9. The molecule has 67 heavy (non-hydrogen) atoms. The van der Waals surface area contributed by atoms with Crippen LogP contribution in [0.4, 0.5) is 10.1 Å². The van der Waals surface area contributed by atoms with Crippen LogP contribution in [-0.2, 0) is 42.9 Å². The number of piperidine rings is 1. The Kier molecular flexibility index (Phi) is 12.3. The molecule has 14 nitrogen and oxygen atoms in total. The molecule has 1 aromatic heterocycles. The van der Waals surface area contributed by atoms with Crippen molar-refractivity contribution in [3.05, 3.63) is 97.6 Å². The number of anilines is 1. The zero-order valence-corrected chi connectivity index (χ0v) is 39.2. The quantitative estimate of drug-likeness (QED) is 0.144. The van der Waals surface area contributed by atoms with E-state index < -0.39 is 40.7 Å². The number of imide groups is 1. The van der Waals surface area contributed by atoms with E-state index in [1.165, 1.54) is 15.2 Å². The number of carbonyl (C=O) groups is 5. The molecule has 5 heterocycles. The first kappa shape index (κ1) is 45.7. The van der Waals surface area contributed by atoms with E-state index in [1.54, 1.807) is 31.3 Å². The van der Waals surface area contributed by atoms with Gasteiger partial charge in [0.1, 0.15) is 17.3 Å². The smallest absolute Gasteiger partial charge is 0.329 e. The molecule has 4 atom stereocenters. The van der Waals surface area contributed by atoms with E-state index in [-0.39, 0.29) is 58.8 Å². The second-order valence-corrected chi connectivity index (χ2v) is 20.6. The topological polar surface area (TPSA) is 167 Å². The Bertz CT molecular complexity index is 2730. The maximum absolute atomic E-state index is 16.3. The van der Waals surface area contributed by atoms with Crippen LogP contribution >= 0.6 is 23.2 Å². The lowest BCUT2D eigenvalue weighted by Crippen LogP contribution is -2.60. The molecule has 3 aromatic carbocycles. The SMILES string of the molecule is Cn1c(=O)n(C2CCC(=O)NC2=O)c2ccc(CCCN3CCN(CC4CCC(NC(=O)[C@@H]5NC6(CCCCC6)[C@@]6(C(=O)Nc7cc(Cl)ccc76)[C@H]5c5cccc(Cl)c5F)CC4)CC3=O)cc21. The fourth-order valence-electron chi connectivity index (χ4n) is 12.8. The van der Waals surface area contributed by atoms with Gasteiger partial charge in [0, 0.05) is 67.9 Å². The standard InChI is InChI=1S/C50H57Cl2FN8O6/c1-58-39-25-29(12-17-37(39)61(48(58)67)38-18-19-40(62)56-45(38)64)7-6-22-60-24-23-59(28-41(60)63)27-30-10-14-32(15-11-30)54-46(65)44-42(33-8-5-9-35(52)43(33)53)50(49(57-44)20-3-2-4-21-49)34-16-13-31(51)26-36(34)55-47(50)66/h5,8-9,12-13,16-17,25-26,30,32,38,42,44,57H,2-4,6-7,10-11,14-15,18-24,27-28H2,1H3,(H,54,65)(H,55,66)(H,56,62,64)/t30?,32?,38?,42-,44+,50+/m0/s1. The molecule has 2 aliphatic carbocycles. The molecule has 5 amide bonds. The largest absolute Gasteiger partial charge is 0.352 e. The number of hydrogen-bond acceptors (Lipinski definition) is 8. The number of piperazine rings is 1. The van der Waals surface area contributed by atoms with Gasteiger partial charge >= 0.3 is 5.69 Å². The third-order valence-electron chi connectivity index (χ3n) is 16.0. The number of halogens is 3. The number of fused-ring (bicyclic) bond motifs is 4. The van der Waals surface area contributed by atoms with Gasteiger partial charge in [0.2, 0.25) is 29.5 Å². The minimum absolute atomic E-state index is 0.0592. The molecule has 3 saturated heterocycles. The summed E-state index contributed by atoms with van der Waals surface area (Å²) in [4.78, 5) is 84.5. The molecule has 2 saturated carbocycles. The van der Waals surface area contributed by atoms with Gasteiger partial charge in [-0.15, -0.1) is 0 Å². The summed E-state index contributed by atoms with van der Waals surface area (Å²) >= 11 is 12.9. The van der Waals surface area contributed by atoms with Crippen LogP contribution in [-0.4, -0.2) is 98.8 Å². The van der Waals surface area contributed by atoms with E-state index in [9.17, 15) is 28.8 Å². The summed E-state index contributed by atoms with van der Waals surface area (Å²) in [6, 6.07) is 14.3. The number of carbonyl (C=O) groups excluding carboxylic acids is 5. The number of aryl methyl sites for hydroxylation is 2. The fourth-order valence-corrected chi connectivity index (χ4v) is 13.1. The number of nitrogens with zero attached hydrogens (tertiary/aromatic N) is 4. The number of nitrogens with one attached hydrogen (secondary N) is 4. The lowest BCUT2D eigenvalue weighted by Gasteiger charge is -2.47. The summed E-state index contributed by atoms with van der Waals surface area (Å²) in [5.74, 6) is -2.32. The molecule has 4 aromatic rings. The summed E-state index contributed by atoms with van der Waals surface area (Å²) in [7, 11) is 1.69. The molecule has 5 fully saturated rings. The molecule has 4 aliphatic heterocycles. The Morgan fingerprint density at radius 2 is 1.69 bits per heavy atom. The Hall–Kier alpha value is -5.09. The monoisotopic (exact) mass is 954 g/mol. The van der Waals surface area contributed by atoms with Gasteiger partial charge < -0.3 is 15.5 Å². The molecule has 17 heteroatoms. The van der Waals surface area contributed by atoms with Crippen LogP contribution < -0.4 is 27.0 Å². The van der Waals surface area contributed by atoms with Crippen LogP contribution in [0, 0.1) is 11.7 Å². The van der Waals surface area contributed by atoms with Crippen LogP contribution in [0.5, 0.6) is 0 Å². The number of benzene rings is 3. The van der Waals surface area contributed by atoms with E-state index in [0.717, 1.165) is 87.5 Å². The van der Waals surface area contributed by atoms with Gasteiger partial charge in [-0.1, -0.05) is 66.7 Å². The van der Waals surface area contributed by atoms with Crippen LogP contribution in [0.2, 0.25) is 10.0 Å². The normalized spacial score (nSPS) is 27.5. The Morgan fingerprint density at radius 3 is 2.45 bits per heavy atom. The van der Waals surface area contributed by atoms with Gasteiger partial charge in [-0.05, 0) is 111 Å². The van der Waals surface area contributed by atoms with Gasteiger partial charge in [-0.2, -0.15) is 0 Å². The van der Waals surface area contributed by atoms with Gasteiger partial charge in [-0.25, -0.2) is 9.18 Å². The molecule has 0 bridgehead atoms. The van der Waals surface area contributed by atoms with Crippen LogP contribution in [0.15, 0.2) is 59.4 Å². The molecule has 354 valence electrons. The summed E-state index contributed by atoms with van der Waals surface area (Å²) in [6.07, 6.45) is 9.31. The van der Waals surface area contributed by atoms with E-state index in [1.807, 2.05) is 29.2 Å². The van der Waals surface area contributed by atoms with Crippen molar-refractivity contribution in [2.75, 3.05) is 38.0 Å². The highest BCUT2D eigenvalue weighted by Crippen LogP contribution is 2.63. The highest BCUT2D eigenvalue weighted by molar-refractivity contribution is 6.31. The number of imidazole rings is 1. The third kappa shape index (κ3) is 7.96. The fraction of sp³-hybridized carbons (Fsp3) is 0.520. The van der Waals surface area contributed by atoms with Crippen molar-refractivity contribution in [2.24, 2.45) is 13.0 Å². The highest BCUT2D eigenvalue weighted by atomic mass is 35.5. The Labute approximate surface area is 398 Å². The molecule has 1 unspecified atom stereocenters. The zero-order chi connectivity index (χ0) is 46.8. The van der Waals surface area contributed by atoms with Crippen LogP contribution in [0.1, 0.15) is 106 Å². The molecular formula is C50H57Cl2FN8O6. The van der Waals surface area contributed by atoms with E-state index in [0.29, 0.717) is 54.6 Å². The zero-order valence-electron chi connectivity index (χ0n) is 37.7. The molecule has 4 N–H and O–H groups in total. The lowest BCUT2D eigenvalue weighted by molar-refractivity contribution is -0.137. The van der Waals surface area contributed by atoms with Crippen LogP contribution in [0.3, 0.4) is 0 Å². The van der Waals surface area contributed by atoms with Crippen molar-refractivity contribution in [1.82, 2.24) is 34.9 Å². The van der Waals surface area contributed by atoms with Crippen molar-refractivity contribution in [1.29, 1.82) is 0 Å². The Balaban J connectivity index is 0.748. The van der Waals surface area contributed by atoms with Crippen LogP contribution in [0.25, 0.3) is 11.0 Å². The second kappa shape index (κ2) is 18.1. The van der Waals surface area contributed by atoms with E-state index >= 15 is 4.39 Å². The Morgan fingerprint density at radius 1 is 0.896 bits per heavy atom. The van der Waals surface area contributed by atoms with Gasteiger partial charge in [-0.3, -0.25) is 48.6 Å². The van der Waals surface area contributed by atoms with E-state index in [4.69, 9.17) is 23.2 Å². The van der Waals surface area contributed by atoms with Gasteiger partial charge in [0.25, 0.3) is 0 Å². The molecular weight excluding hydrogens is 899 g/mol. The average Bonchev–Trinajstić information content (AvgIpc) is 3.86. The number of rotatable bonds is 10. The summed E-state index contributed by atoms with van der Waals surface area (Å²) in [6.45, 7) is 3.22. The summed E-state index contributed by atoms with van der Waals surface area (Å²) < 4.78 is 19.4. The number of hydrogen-bond donors (Lipinski definition) is 4. The molecule has 6 aliphatic rings. The van der Waals surface area contributed by atoms with Gasteiger partial charge in [0.15, 0.2) is 0 Å².